The fraction of sp³-hybridized carbons (Fsp3) is 0.571. The van der Waals surface area contributed by atoms with Crippen molar-refractivity contribution in [2.75, 3.05) is 32.8 Å². The van der Waals surface area contributed by atoms with E-state index in [9.17, 15) is 8.42 Å². The lowest BCUT2D eigenvalue weighted by Crippen LogP contribution is -2.28. The van der Waals surface area contributed by atoms with Crippen LogP contribution in [0.5, 0.6) is 11.5 Å². The first-order valence-electron chi connectivity index (χ1n) is 7.26. The average Bonchev–Trinajstić information content (AvgIpc) is 3.00. The monoisotopic (exact) mass is 312 g/mol. The number of nitrogens with one attached hydrogen (secondary N) is 2. The minimum absolute atomic E-state index is 0.157. The highest BCUT2D eigenvalue weighted by molar-refractivity contribution is 7.89. The third kappa shape index (κ3) is 3.30. The van der Waals surface area contributed by atoms with Gasteiger partial charge in [0.05, 0.1) is 0 Å². The summed E-state index contributed by atoms with van der Waals surface area (Å²) in [4.78, 5) is 0.157. The van der Waals surface area contributed by atoms with E-state index in [4.69, 9.17) is 9.47 Å². The SMILES string of the molecule is O=S(=O)(NCCC1CCNC1)c1cccc2c1OCCO2. The van der Waals surface area contributed by atoms with Crippen LogP contribution in [0.15, 0.2) is 23.1 Å². The van der Waals surface area contributed by atoms with Crippen LogP contribution in [0.1, 0.15) is 12.8 Å². The van der Waals surface area contributed by atoms with Crippen molar-refractivity contribution < 1.29 is 17.9 Å². The first kappa shape index (κ1) is 14.6. The highest BCUT2D eigenvalue weighted by atomic mass is 32.2. The summed E-state index contributed by atoms with van der Waals surface area (Å²) in [5.74, 6) is 1.36. The van der Waals surface area contributed by atoms with Crippen molar-refractivity contribution in [1.29, 1.82) is 0 Å². The van der Waals surface area contributed by atoms with E-state index in [1.54, 1.807) is 18.2 Å². The summed E-state index contributed by atoms with van der Waals surface area (Å²) in [5, 5.41) is 3.28. The van der Waals surface area contributed by atoms with Crippen LogP contribution in [0.2, 0.25) is 0 Å². The Kier molecular flexibility index (Phi) is 4.32. The maximum atomic E-state index is 12.4. The van der Waals surface area contributed by atoms with Gasteiger partial charge in [0, 0.05) is 6.54 Å². The molecule has 0 aromatic heterocycles. The van der Waals surface area contributed by atoms with E-state index >= 15 is 0 Å². The van der Waals surface area contributed by atoms with Gasteiger partial charge >= 0.3 is 0 Å². The number of hydrogen-bond donors (Lipinski definition) is 2. The Balaban J connectivity index is 1.69. The van der Waals surface area contributed by atoms with Crippen molar-refractivity contribution in [2.45, 2.75) is 17.7 Å². The number of hydrogen-bond acceptors (Lipinski definition) is 5. The second-order valence-corrected chi connectivity index (χ2v) is 7.06. The van der Waals surface area contributed by atoms with E-state index in [1.165, 1.54) is 0 Å². The standard InChI is InChI=1S/C14H20N2O4S/c17-21(18,16-7-5-11-4-6-15-10-11)13-3-1-2-12-14(13)20-9-8-19-12/h1-3,11,15-16H,4-10H2. The maximum Gasteiger partial charge on any atom is 0.244 e. The molecule has 1 atom stereocenters. The van der Waals surface area contributed by atoms with E-state index in [-0.39, 0.29) is 4.90 Å². The number of benzene rings is 1. The topological polar surface area (TPSA) is 76.7 Å². The van der Waals surface area contributed by atoms with Crippen LogP contribution in [0.4, 0.5) is 0 Å². The van der Waals surface area contributed by atoms with Gasteiger partial charge < -0.3 is 14.8 Å². The van der Waals surface area contributed by atoms with Gasteiger partial charge in [0.15, 0.2) is 11.5 Å². The lowest BCUT2D eigenvalue weighted by Gasteiger charge is -2.21. The fourth-order valence-electron chi connectivity index (χ4n) is 2.69. The predicted octanol–water partition coefficient (Wildman–Crippen LogP) is 0.736. The van der Waals surface area contributed by atoms with E-state index < -0.39 is 10.0 Å². The van der Waals surface area contributed by atoms with Gasteiger partial charge in [-0.3, -0.25) is 0 Å². The van der Waals surface area contributed by atoms with Gasteiger partial charge in [-0.2, -0.15) is 0 Å². The summed E-state index contributed by atoms with van der Waals surface area (Å²) >= 11 is 0. The third-order valence-electron chi connectivity index (χ3n) is 3.83. The zero-order valence-electron chi connectivity index (χ0n) is 11.8. The zero-order chi connectivity index (χ0) is 14.7. The molecule has 2 aliphatic rings. The smallest absolute Gasteiger partial charge is 0.244 e. The molecule has 1 fully saturated rings. The molecule has 2 heterocycles. The Labute approximate surface area is 124 Å². The maximum absolute atomic E-state index is 12.4. The molecule has 0 spiro atoms. The highest BCUT2D eigenvalue weighted by Crippen LogP contribution is 2.36. The molecule has 6 nitrogen and oxygen atoms in total. The minimum Gasteiger partial charge on any atom is -0.486 e. The molecule has 0 aliphatic carbocycles. The van der Waals surface area contributed by atoms with Gasteiger partial charge in [0.25, 0.3) is 0 Å². The van der Waals surface area contributed by atoms with E-state index in [0.717, 1.165) is 25.9 Å². The van der Waals surface area contributed by atoms with Gasteiger partial charge in [-0.15, -0.1) is 0 Å². The molecule has 3 rings (SSSR count). The van der Waals surface area contributed by atoms with E-state index in [0.29, 0.717) is 37.2 Å². The second kappa shape index (κ2) is 6.21. The molecule has 21 heavy (non-hydrogen) atoms. The van der Waals surface area contributed by atoms with Crippen LogP contribution < -0.4 is 19.5 Å². The van der Waals surface area contributed by atoms with E-state index in [2.05, 4.69) is 10.0 Å². The normalized spacial score (nSPS) is 21.4. The van der Waals surface area contributed by atoms with Crippen LogP contribution in [0, 0.1) is 5.92 Å². The van der Waals surface area contributed by atoms with Crippen molar-refractivity contribution in [3.8, 4) is 11.5 Å². The quantitative estimate of drug-likeness (QED) is 0.838. The van der Waals surface area contributed by atoms with Crippen LogP contribution in [-0.2, 0) is 10.0 Å². The number of fused-ring (bicyclic) bond motifs is 1. The summed E-state index contributed by atoms with van der Waals surface area (Å²) in [6.45, 7) is 3.25. The molecule has 1 saturated heterocycles. The van der Waals surface area contributed by atoms with Gasteiger partial charge in [0.1, 0.15) is 18.1 Å². The summed E-state index contributed by atoms with van der Waals surface area (Å²) in [5.41, 5.74) is 0. The third-order valence-corrected chi connectivity index (χ3v) is 5.31. The van der Waals surface area contributed by atoms with Crippen LogP contribution in [0.25, 0.3) is 0 Å². The Bertz CT molecular complexity index is 597. The Morgan fingerprint density at radius 1 is 1.29 bits per heavy atom. The first-order chi connectivity index (χ1) is 10.2. The minimum atomic E-state index is -3.57. The van der Waals surface area contributed by atoms with Gasteiger partial charge in [-0.1, -0.05) is 6.07 Å². The van der Waals surface area contributed by atoms with Gasteiger partial charge in [0.2, 0.25) is 10.0 Å². The fourth-order valence-corrected chi connectivity index (χ4v) is 3.90. The highest BCUT2D eigenvalue weighted by Gasteiger charge is 2.25. The van der Waals surface area contributed by atoms with Crippen molar-refractivity contribution in [3.05, 3.63) is 18.2 Å². The second-order valence-electron chi connectivity index (χ2n) is 5.33. The summed E-state index contributed by atoms with van der Waals surface area (Å²) < 4.78 is 38.4. The largest absolute Gasteiger partial charge is 0.486 e. The molecule has 0 radical (unpaired) electrons. The molecule has 1 unspecified atom stereocenters. The van der Waals surface area contributed by atoms with Crippen LogP contribution in [-0.4, -0.2) is 41.3 Å². The first-order valence-corrected chi connectivity index (χ1v) is 8.74. The molecule has 7 heteroatoms. The summed E-state index contributed by atoms with van der Waals surface area (Å²) in [7, 11) is -3.57. The number of para-hydroxylation sites is 1. The van der Waals surface area contributed by atoms with Gasteiger partial charge in [-0.05, 0) is 44.0 Å². The Morgan fingerprint density at radius 2 is 2.14 bits per heavy atom. The Hall–Kier alpha value is -1.31. The van der Waals surface area contributed by atoms with Gasteiger partial charge in [-0.25, -0.2) is 13.1 Å². The summed E-state index contributed by atoms with van der Waals surface area (Å²) in [6.07, 6.45) is 1.96. The van der Waals surface area contributed by atoms with Crippen LogP contribution >= 0.6 is 0 Å². The van der Waals surface area contributed by atoms with E-state index in [1.807, 2.05) is 0 Å². The number of sulfonamides is 1. The average molecular weight is 312 g/mol. The molecule has 0 amide bonds. The molecule has 0 bridgehead atoms. The Morgan fingerprint density at radius 3 is 2.95 bits per heavy atom. The molecule has 2 N–H and O–H groups in total. The lowest BCUT2D eigenvalue weighted by atomic mass is 10.1. The van der Waals surface area contributed by atoms with Crippen molar-refractivity contribution in [2.24, 2.45) is 5.92 Å². The molecular weight excluding hydrogens is 292 g/mol. The molecular formula is C14H20N2O4S. The van der Waals surface area contributed by atoms with Crippen molar-refractivity contribution in [1.82, 2.24) is 10.0 Å². The van der Waals surface area contributed by atoms with Crippen LogP contribution in [0.3, 0.4) is 0 Å². The molecule has 0 saturated carbocycles. The molecule has 1 aromatic carbocycles. The predicted molar refractivity (Wildman–Crippen MR) is 78.2 cm³/mol. The number of rotatable bonds is 5. The van der Waals surface area contributed by atoms with Crippen molar-refractivity contribution >= 4 is 10.0 Å². The molecule has 116 valence electrons. The number of ether oxygens (including phenoxy) is 2. The molecule has 1 aromatic rings. The van der Waals surface area contributed by atoms with Crippen molar-refractivity contribution in [3.63, 3.8) is 0 Å². The summed E-state index contributed by atoms with van der Waals surface area (Å²) in [6, 6.07) is 4.94. The lowest BCUT2D eigenvalue weighted by molar-refractivity contribution is 0.167. The zero-order valence-corrected chi connectivity index (χ0v) is 12.6. The molecule has 2 aliphatic heterocycles.